The average molecular weight is 536 g/mol. The Morgan fingerprint density at radius 2 is 1.74 bits per heavy atom. The third-order valence-electron chi connectivity index (χ3n) is 5.47. The highest BCUT2D eigenvalue weighted by Crippen LogP contribution is 2.40. The van der Waals surface area contributed by atoms with E-state index in [9.17, 15) is 28.9 Å². The molecular formula is C26H21FN4O8. The summed E-state index contributed by atoms with van der Waals surface area (Å²) < 4.78 is 29.5. The fourth-order valence-corrected chi connectivity index (χ4v) is 3.68. The summed E-state index contributed by atoms with van der Waals surface area (Å²) in [6, 6.07) is 13.5. The molecule has 0 fully saturated rings. The fourth-order valence-electron chi connectivity index (χ4n) is 3.68. The van der Waals surface area contributed by atoms with E-state index >= 15 is 0 Å². The van der Waals surface area contributed by atoms with Crippen molar-refractivity contribution in [2.24, 2.45) is 5.10 Å². The van der Waals surface area contributed by atoms with Gasteiger partial charge in [-0.15, -0.1) is 5.10 Å². The van der Waals surface area contributed by atoms with Crippen LogP contribution < -0.4 is 14.8 Å². The molecule has 0 radical (unpaired) electrons. The maximum Gasteiger partial charge on any atom is 0.308 e. The van der Waals surface area contributed by atoms with Crippen LogP contribution in [0.5, 0.6) is 11.5 Å². The molecule has 1 atom stereocenters. The first-order valence-corrected chi connectivity index (χ1v) is 11.3. The third-order valence-corrected chi connectivity index (χ3v) is 5.47. The van der Waals surface area contributed by atoms with Crippen molar-refractivity contribution < 1.29 is 37.9 Å². The zero-order chi connectivity index (χ0) is 28.3. The van der Waals surface area contributed by atoms with Gasteiger partial charge in [0.15, 0.2) is 11.5 Å². The van der Waals surface area contributed by atoms with Gasteiger partial charge in [-0.05, 0) is 36.4 Å². The van der Waals surface area contributed by atoms with E-state index in [2.05, 4.69) is 10.4 Å². The van der Waals surface area contributed by atoms with Crippen molar-refractivity contribution in [3.63, 3.8) is 0 Å². The van der Waals surface area contributed by atoms with Crippen LogP contribution in [0.1, 0.15) is 41.6 Å². The number of hydrazone groups is 1. The molecule has 12 nitrogen and oxygen atoms in total. The van der Waals surface area contributed by atoms with E-state index in [4.69, 9.17) is 14.2 Å². The lowest BCUT2D eigenvalue weighted by Crippen LogP contribution is -2.25. The van der Waals surface area contributed by atoms with Crippen LogP contribution in [0.15, 0.2) is 65.8 Å². The molecule has 4 rings (SSSR count). The number of carbonyl (C=O) groups excluding carboxylic acids is 3. The molecule has 0 bridgehead atoms. The predicted octanol–water partition coefficient (Wildman–Crippen LogP) is 4.16. The molecule has 0 saturated heterocycles. The maximum absolute atomic E-state index is 13.1. The molecule has 1 aliphatic rings. The lowest BCUT2D eigenvalue weighted by atomic mass is 10.1. The number of nitrogens with one attached hydrogen (secondary N) is 1. The molecule has 1 heterocycles. The number of non-ortho nitro benzene ring substituents is 1. The molecule has 0 aliphatic carbocycles. The molecule has 0 aromatic heterocycles. The monoisotopic (exact) mass is 536 g/mol. The van der Waals surface area contributed by atoms with Gasteiger partial charge in [-0.1, -0.05) is 12.1 Å². The van der Waals surface area contributed by atoms with E-state index in [0.29, 0.717) is 11.3 Å². The summed E-state index contributed by atoms with van der Waals surface area (Å²) in [7, 11) is 1.24. The van der Waals surface area contributed by atoms with Crippen LogP contribution in [0.4, 0.5) is 15.8 Å². The van der Waals surface area contributed by atoms with Crippen LogP contribution in [0.25, 0.3) is 0 Å². The van der Waals surface area contributed by atoms with E-state index in [1.165, 1.54) is 38.3 Å². The quantitative estimate of drug-likeness (QED) is 0.205. The van der Waals surface area contributed by atoms with Crippen LogP contribution in [-0.2, 0) is 14.3 Å². The largest absolute Gasteiger partial charge is 0.493 e. The summed E-state index contributed by atoms with van der Waals surface area (Å²) in [5.74, 6) is -2.64. The lowest BCUT2D eigenvalue weighted by Gasteiger charge is -2.20. The van der Waals surface area contributed by atoms with Crippen LogP contribution >= 0.6 is 0 Å². The summed E-state index contributed by atoms with van der Waals surface area (Å²) in [5, 5.41) is 19.4. The van der Waals surface area contributed by atoms with Crippen molar-refractivity contribution in [2.75, 3.05) is 12.4 Å². The van der Waals surface area contributed by atoms with Gasteiger partial charge in [-0.3, -0.25) is 24.5 Å². The van der Waals surface area contributed by atoms with Gasteiger partial charge >= 0.3 is 5.97 Å². The van der Waals surface area contributed by atoms with Crippen LogP contribution in [0, 0.1) is 15.9 Å². The Morgan fingerprint density at radius 1 is 1.08 bits per heavy atom. The number of esters is 1. The number of nitro groups is 1. The van der Waals surface area contributed by atoms with E-state index in [1.807, 2.05) is 0 Å². The number of hydrogen-bond donors (Lipinski definition) is 1. The Hall–Kier alpha value is -5.33. The average Bonchev–Trinajstić information content (AvgIpc) is 3.35. The highest BCUT2D eigenvalue weighted by atomic mass is 19.1. The first-order chi connectivity index (χ1) is 18.6. The molecule has 39 heavy (non-hydrogen) atoms. The number of benzene rings is 3. The second kappa shape index (κ2) is 11.0. The Morgan fingerprint density at radius 3 is 2.31 bits per heavy atom. The lowest BCUT2D eigenvalue weighted by molar-refractivity contribution is -0.385. The minimum atomic E-state index is -1.07. The van der Waals surface area contributed by atoms with Crippen molar-refractivity contribution in [3.8, 4) is 11.5 Å². The molecule has 3 aromatic carbocycles. The van der Waals surface area contributed by atoms with Gasteiger partial charge in [0.05, 0.1) is 23.7 Å². The van der Waals surface area contributed by atoms with Gasteiger partial charge in [0.25, 0.3) is 11.6 Å². The molecule has 0 spiro atoms. The highest BCUT2D eigenvalue weighted by Gasteiger charge is 2.36. The number of ether oxygens (including phenoxy) is 3. The Balaban J connectivity index is 1.63. The number of rotatable bonds is 7. The van der Waals surface area contributed by atoms with E-state index in [1.54, 1.807) is 24.3 Å². The molecule has 13 heteroatoms. The number of nitrogens with zero attached hydrogens (tertiary/aromatic N) is 3. The van der Waals surface area contributed by atoms with Crippen LogP contribution in [0.2, 0.25) is 0 Å². The first-order valence-electron chi connectivity index (χ1n) is 11.3. The second-order valence-corrected chi connectivity index (χ2v) is 8.20. The SMILES string of the molecule is COc1cc([N+](=O)[O-])cc(C2=NN(C(C)=O)[C@@H](c3ccc(NC(=O)c4ccc(F)cc4)cc3)O2)c1OC(C)=O. The van der Waals surface area contributed by atoms with Gasteiger partial charge in [0.2, 0.25) is 18.0 Å². The van der Waals surface area contributed by atoms with Crippen LogP contribution in [0.3, 0.4) is 0 Å². The van der Waals surface area contributed by atoms with Gasteiger partial charge in [0, 0.05) is 36.7 Å². The predicted molar refractivity (Wildman–Crippen MR) is 135 cm³/mol. The van der Waals surface area contributed by atoms with Crippen molar-refractivity contribution >= 4 is 35.1 Å². The molecule has 1 aliphatic heterocycles. The van der Waals surface area contributed by atoms with Crippen LogP contribution in [-0.4, -0.2) is 40.7 Å². The summed E-state index contributed by atoms with van der Waals surface area (Å²) >= 11 is 0. The number of nitro benzene ring substituents is 1. The minimum absolute atomic E-state index is 0.0758. The van der Waals surface area contributed by atoms with Gasteiger partial charge in [-0.25, -0.2) is 4.39 Å². The number of halogens is 1. The highest BCUT2D eigenvalue weighted by molar-refractivity contribution is 6.04. The number of carbonyl (C=O) groups is 3. The number of anilines is 1. The van der Waals surface area contributed by atoms with Crippen molar-refractivity contribution in [1.82, 2.24) is 5.01 Å². The molecule has 200 valence electrons. The zero-order valence-corrected chi connectivity index (χ0v) is 20.8. The smallest absolute Gasteiger partial charge is 0.308 e. The molecule has 0 unspecified atom stereocenters. The van der Waals surface area contributed by atoms with E-state index < -0.39 is 34.8 Å². The topological polar surface area (TPSA) is 150 Å². The Labute approximate surface area is 220 Å². The second-order valence-electron chi connectivity index (χ2n) is 8.20. The van der Waals surface area contributed by atoms with Gasteiger partial charge < -0.3 is 19.5 Å². The van der Waals surface area contributed by atoms with Crippen molar-refractivity contribution in [1.29, 1.82) is 0 Å². The fraction of sp³-hybridized carbons (Fsp3) is 0.154. The minimum Gasteiger partial charge on any atom is -0.493 e. The van der Waals surface area contributed by atoms with Crippen molar-refractivity contribution in [3.05, 3.63) is 93.3 Å². The first kappa shape index (κ1) is 26.7. The summed E-state index contributed by atoms with van der Waals surface area (Å²) in [5.41, 5.74) is 0.671. The summed E-state index contributed by atoms with van der Waals surface area (Å²) in [6.45, 7) is 2.39. The number of hydrogen-bond acceptors (Lipinski definition) is 9. The molecule has 1 N–H and O–H groups in total. The molecule has 0 saturated carbocycles. The standard InChI is InChI=1S/C26H21FN4O8/c1-14(32)30-26(17-6-10-19(11-7-17)28-24(34)16-4-8-18(27)9-5-16)39-25(29-30)21-12-20(31(35)36)13-22(37-3)23(21)38-15(2)33/h4-13,26H,1-3H3,(H,28,34)/t26-/m1/s1. The van der Waals surface area contributed by atoms with E-state index in [-0.39, 0.29) is 34.2 Å². The number of methoxy groups -OCH3 is 1. The van der Waals surface area contributed by atoms with Gasteiger partial charge in [0.1, 0.15) is 5.82 Å². The summed E-state index contributed by atoms with van der Waals surface area (Å²) in [4.78, 5) is 47.4. The number of amides is 2. The van der Waals surface area contributed by atoms with Crippen molar-refractivity contribution in [2.45, 2.75) is 20.1 Å². The van der Waals surface area contributed by atoms with E-state index in [0.717, 1.165) is 24.1 Å². The maximum atomic E-state index is 13.1. The molecular weight excluding hydrogens is 515 g/mol. The normalized spacial score (nSPS) is 14.2. The Kier molecular flexibility index (Phi) is 7.51. The molecule has 2 amide bonds. The Bertz CT molecular complexity index is 1490. The molecule has 3 aromatic rings. The summed E-state index contributed by atoms with van der Waals surface area (Å²) in [6.07, 6.45) is -1.07. The third kappa shape index (κ3) is 5.82. The van der Waals surface area contributed by atoms with Gasteiger partial charge in [-0.2, -0.15) is 5.01 Å². The zero-order valence-electron chi connectivity index (χ0n) is 20.8.